The molecule has 0 aromatic heterocycles. The van der Waals surface area contributed by atoms with Crippen LogP contribution in [0.2, 0.25) is 0 Å². The smallest absolute Gasteiger partial charge is 0.744 e. The molecule has 42 heavy (non-hydrogen) atoms. The Kier molecular flexibility index (Phi) is 11.5. The molecule has 0 saturated heterocycles. The van der Waals surface area contributed by atoms with Gasteiger partial charge in [-0.15, -0.1) is 0 Å². The number of hydrogen-bond donors (Lipinski definition) is 5. The van der Waals surface area contributed by atoms with Crippen molar-refractivity contribution in [3.8, 4) is 11.1 Å². The third kappa shape index (κ3) is 8.09. The van der Waals surface area contributed by atoms with Crippen molar-refractivity contribution in [2.75, 3.05) is 18.5 Å². The van der Waals surface area contributed by atoms with Gasteiger partial charge in [0.1, 0.15) is 22.8 Å². The van der Waals surface area contributed by atoms with Crippen molar-refractivity contribution >= 4 is 33.8 Å². The molecule has 0 aliphatic heterocycles. The molecule has 4 amide bonds. The summed E-state index contributed by atoms with van der Waals surface area (Å²) in [5.74, 6) is -0.915. The van der Waals surface area contributed by atoms with Crippen molar-refractivity contribution in [3.63, 3.8) is 0 Å². The molecule has 4 rings (SSSR count). The molecule has 12 nitrogen and oxygen atoms in total. The molecule has 14 heteroatoms. The average molecular weight is 605 g/mol. The van der Waals surface area contributed by atoms with E-state index in [9.17, 15) is 32.5 Å². The predicted molar refractivity (Wildman–Crippen MR) is 148 cm³/mol. The summed E-state index contributed by atoms with van der Waals surface area (Å²) < 4.78 is 40.3. The summed E-state index contributed by atoms with van der Waals surface area (Å²) in [7, 11) is -4.93. The van der Waals surface area contributed by atoms with E-state index in [0.717, 1.165) is 28.3 Å². The van der Waals surface area contributed by atoms with Crippen LogP contribution in [0.4, 0.5) is 15.3 Å². The Bertz CT molecular complexity index is 1520. The Balaban J connectivity index is 0.00000484. The predicted octanol–water partition coefficient (Wildman–Crippen LogP) is -0.619. The molecule has 0 unspecified atom stereocenters. The Morgan fingerprint density at radius 3 is 2.19 bits per heavy atom. The summed E-state index contributed by atoms with van der Waals surface area (Å²) >= 11 is 0. The largest absolute Gasteiger partial charge is 1.00 e. The Hall–Kier alpha value is -3.46. The summed E-state index contributed by atoms with van der Waals surface area (Å²) in [6.07, 6.45) is -0.528. The number of rotatable bonds is 11. The molecule has 0 saturated carbocycles. The van der Waals surface area contributed by atoms with Gasteiger partial charge in [0.2, 0.25) is 5.91 Å². The number of primary amides is 1. The second-order valence-electron chi connectivity index (χ2n) is 9.38. The maximum absolute atomic E-state index is 13.1. The summed E-state index contributed by atoms with van der Waals surface area (Å²) in [5, 5.41) is 16.8. The van der Waals surface area contributed by atoms with E-state index in [1.165, 1.54) is 12.1 Å². The number of nitrogens with two attached hydrogens (primary N) is 1. The number of amides is 4. The average Bonchev–Trinajstić information content (AvgIpc) is 3.26. The first-order chi connectivity index (χ1) is 19.6. The summed E-state index contributed by atoms with van der Waals surface area (Å²) in [5.41, 5.74) is 9.08. The van der Waals surface area contributed by atoms with Crippen molar-refractivity contribution in [3.05, 3.63) is 83.4 Å². The molecule has 1 aliphatic carbocycles. The zero-order valence-corrected chi connectivity index (χ0v) is 25.6. The number of anilines is 1. The maximum Gasteiger partial charge on any atom is 1.00 e. The van der Waals surface area contributed by atoms with Crippen LogP contribution in [-0.2, 0) is 26.3 Å². The SMILES string of the molecule is NC(=O)NCCC[C@H](NC(=O)OCC1c2ccccc2-c2ccccc21)C(=O)Nc1ccc(CO)c(S(=O)(=O)[O-])c1.[Na+]. The second-order valence-corrected chi connectivity index (χ2v) is 10.7. The summed E-state index contributed by atoms with van der Waals surface area (Å²) in [4.78, 5) is 36.3. The Labute approximate surface area is 265 Å². The van der Waals surface area contributed by atoms with Crippen LogP contribution in [0.15, 0.2) is 71.6 Å². The molecular weight excluding hydrogens is 575 g/mol. The topological polar surface area (TPSA) is 200 Å². The number of fused-ring (bicyclic) bond motifs is 3. The fourth-order valence-electron chi connectivity index (χ4n) is 4.79. The third-order valence-corrected chi connectivity index (χ3v) is 7.61. The maximum atomic E-state index is 13.1. The summed E-state index contributed by atoms with van der Waals surface area (Å²) in [6.45, 7) is -0.538. The van der Waals surface area contributed by atoms with Crippen molar-refractivity contribution < 1.29 is 66.8 Å². The van der Waals surface area contributed by atoms with Crippen molar-refractivity contribution in [1.29, 1.82) is 0 Å². The summed E-state index contributed by atoms with van der Waals surface area (Å²) in [6, 6.07) is 17.2. The van der Waals surface area contributed by atoms with Gasteiger partial charge < -0.3 is 36.1 Å². The van der Waals surface area contributed by atoms with Crippen LogP contribution in [0, 0.1) is 0 Å². The van der Waals surface area contributed by atoms with Gasteiger partial charge in [-0.1, -0.05) is 54.6 Å². The van der Waals surface area contributed by atoms with Gasteiger partial charge in [0, 0.05) is 18.2 Å². The number of nitrogens with one attached hydrogen (secondary N) is 3. The van der Waals surface area contributed by atoms with Crippen molar-refractivity contribution in [1.82, 2.24) is 10.6 Å². The zero-order chi connectivity index (χ0) is 29.6. The molecule has 3 aromatic rings. The van der Waals surface area contributed by atoms with E-state index in [4.69, 9.17) is 10.5 Å². The normalized spacial score (nSPS) is 12.7. The van der Waals surface area contributed by atoms with Crippen LogP contribution in [0.1, 0.15) is 35.4 Å². The molecule has 0 fully saturated rings. The number of aliphatic hydroxyl groups is 1. The molecule has 0 radical (unpaired) electrons. The second kappa shape index (κ2) is 14.6. The molecule has 216 valence electrons. The minimum atomic E-state index is -4.93. The zero-order valence-electron chi connectivity index (χ0n) is 22.8. The van der Waals surface area contributed by atoms with Gasteiger partial charge in [0.05, 0.1) is 11.5 Å². The Morgan fingerprint density at radius 2 is 1.62 bits per heavy atom. The molecular formula is C28H29N4NaO8S. The van der Waals surface area contributed by atoms with Gasteiger partial charge in [-0.05, 0) is 52.8 Å². The van der Waals surface area contributed by atoms with Crippen molar-refractivity contribution in [2.24, 2.45) is 5.73 Å². The number of carbonyl (C=O) groups is 3. The molecule has 0 spiro atoms. The molecule has 1 atom stereocenters. The van der Waals surface area contributed by atoms with Crippen LogP contribution < -0.4 is 51.2 Å². The molecule has 6 N–H and O–H groups in total. The number of aliphatic hydroxyl groups excluding tert-OH is 1. The number of benzene rings is 3. The van der Waals surface area contributed by atoms with Crippen LogP contribution in [0.5, 0.6) is 0 Å². The molecule has 0 bridgehead atoms. The molecule has 1 aliphatic rings. The third-order valence-electron chi connectivity index (χ3n) is 6.70. The monoisotopic (exact) mass is 604 g/mol. The van der Waals surface area contributed by atoms with Crippen LogP contribution in [0.25, 0.3) is 11.1 Å². The number of alkyl carbamates (subject to hydrolysis) is 1. The molecule has 0 heterocycles. The van der Waals surface area contributed by atoms with Gasteiger partial charge in [0.15, 0.2) is 0 Å². The van der Waals surface area contributed by atoms with Crippen LogP contribution in [0.3, 0.4) is 0 Å². The van der Waals surface area contributed by atoms with E-state index < -0.39 is 45.7 Å². The fraction of sp³-hybridized carbons (Fsp3) is 0.250. The first-order valence-corrected chi connectivity index (χ1v) is 14.1. The van der Waals surface area contributed by atoms with Gasteiger partial charge in [-0.2, -0.15) is 0 Å². The Morgan fingerprint density at radius 1 is 1.00 bits per heavy atom. The van der Waals surface area contributed by atoms with E-state index in [2.05, 4.69) is 16.0 Å². The van der Waals surface area contributed by atoms with E-state index in [0.29, 0.717) is 0 Å². The van der Waals surface area contributed by atoms with E-state index in [-0.39, 0.29) is 72.7 Å². The van der Waals surface area contributed by atoms with Gasteiger partial charge in [-0.3, -0.25) is 4.79 Å². The quantitative estimate of drug-likeness (QED) is 0.108. The van der Waals surface area contributed by atoms with Gasteiger partial charge >= 0.3 is 41.7 Å². The van der Waals surface area contributed by atoms with Crippen molar-refractivity contribution in [2.45, 2.75) is 36.3 Å². The standard InChI is InChI=1S/C28H30N4O8S.Na/c29-27(35)30-13-5-10-24(26(34)31-18-12-11-17(15-33)25(14-18)41(37,38)39)32-28(36)40-16-23-21-8-3-1-6-19(21)20-7-2-4-9-22(20)23;/h1-4,6-9,11-12,14,23-24,33H,5,10,13,15-16H2,(H,31,34)(H,32,36)(H3,29,30,35)(H,37,38,39);/q;+1/p-1/t24-;/m0./s1. The van der Waals surface area contributed by atoms with E-state index in [1.807, 2.05) is 48.5 Å². The van der Waals surface area contributed by atoms with E-state index >= 15 is 0 Å². The van der Waals surface area contributed by atoms with Gasteiger partial charge in [-0.25, -0.2) is 18.0 Å². The minimum absolute atomic E-state index is 0. The fourth-order valence-corrected chi connectivity index (χ4v) is 5.52. The number of carbonyl (C=O) groups excluding carboxylic acids is 3. The van der Waals surface area contributed by atoms with Crippen LogP contribution in [-0.4, -0.2) is 55.3 Å². The number of urea groups is 1. The number of hydrogen-bond acceptors (Lipinski definition) is 8. The van der Waals surface area contributed by atoms with E-state index in [1.54, 1.807) is 0 Å². The first-order valence-electron chi connectivity index (χ1n) is 12.7. The number of ether oxygens (including phenoxy) is 1. The first kappa shape index (κ1) is 33.0. The minimum Gasteiger partial charge on any atom is -0.744 e. The van der Waals surface area contributed by atoms with Crippen LogP contribution >= 0.6 is 0 Å². The molecule has 3 aromatic carbocycles. The van der Waals surface area contributed by atoms with Gasteiger partial charge in [0.25, 0.3) is 0 Å².